The van der Waals surface area contributed by atoms with Crippen molar-refractivity contribution in [2.45, 2.75) is 18.4 Å². The van der Waals surface area contributed by atoms with Crippen LogP contribution in [0.5, 0.6) is 0 Å². The van der Waals surface area contributed by atoms with Crippen LogP contribution in [0.2, 0.25) is 0 Å². The molecule has 3 rings (SSSR count). The minimum absolute atomic E-state index is 0.175. The summed E-state index contributed by atoms with van der Waals surface area (Å²) in [6.07, 6.45) is 0. The molecule has 0 aliphatic rings. The van der Waals surface area contributed by atoms with E-state index in [1.165, 1.54) is 34.8 Å². The first-order chi connectivity index (χ1) is 11.9. The van der Waals surface area contributed by atoms with Gasteiger partial charge in [0.25, 0.3) is 0 Å². The number of rotatable bonds is 5. The molecule has 0 aliphatic heterocycles. The lowest BCUT2D eigenvalue weighted by Crippen LogP contribution is -2.26. The molecule has 130 valence electrons. The van der Waals surface area contributed by atoms with E-state index in [4.69, 9.17) is 0 Å². The Bertz CT molecular complexity index is 965. The zero-order chi connectivity index (χ0) is 18.0. The lowest BCUT2D eigenvalue weighted by molar-refractivity contribution is 0.463. The molecule has 0 radical (unpaired) electrons. The van der Waals surface area contributed by atoms with Crippen LogP contribution in [-0.2, 0) is 16.6 Å². The van der Waals surface area contributed by atoms with Crippen LogP contribution in [0, 0.1) is 12.7 Å². The molecule has 25 heavy (non-hydrogen) atoms. The summed E-state index contributed by atoms with van der Waals surface area (Å²) in [5.74, 6) is -0.301. The fraction of sp³-hybridized carbons (Fsp3) is 0.167. The quantitative estimate of drug-likeness (QED) is 0.674. The van der Waals surface area contributed by atoms with E-state index in [1.807, 2.05) is 12.3 Å². The van der Waals surface area contributed by atoms with Crippen molar-refractivity contribution >= 4 is 21.4 Å². The molecule has 4 nitrogen and oxygen atoms in total. The molecule has 0 saturated carbocycles. The van der Waals surface area contributed by atoms with Gasteiger partial charge < -0.3 is 0 Å². The second-order valence-corrected chi connectivity index (χ2v) is 8.63. The molecule has 0 N–H and O–H groups in total. The highest BCUT2D eigenvalue weighted by Gasteiger charge is 2.21. The minimum atomic E-state index is -3.57. The highest BCUT2D eigenvalue weighted by Crippen LogP contribution is 2.25. The number of sulfonamides is 1. The first-order valence-corrected chi connectivity index (χ1v) is 9.91. The second-order valence-electron chi connectivity index (χ2n) is 5.73. The van der Waals surface area contributed by atoms with E-state index in [0.717, 1.165) is 16.1 Å². The van der Waals surface area contributed by atoms with Gasteiger partial charge >= 0.3 is 0 Å². The van der Waals surface area contributed by atoms with Gasteiger partial charge in [0, 0.05) is 18.0 Å². The monoisotopic (exact) mass is 376 g/mol. The van der Waals surface area contributed by atoms with Gasteiger partial charge in [0.1, 0.15) is 10.8 Å². The molecule has 1 heterocycles. The number of thiazole rings is 1. The first kappa shape index (κ1) is 17.7. The van der Waals surface area contributed by atoms with E-state index in [2.05, 4.69) is 4.98 Å². The van der Waals surface area contributed by atoms with Crippen LogP contribution >= 0.6 is 11.3 Å². The first-order valence-electron chi connectivity index (χ1n) is 7.59. The van der Waals surface area contributed by atoms with Gasteiger partial charge in [-0.1, -0.05) is 17.7 Å². The smallest absolute Gasteiger partial charge is 0.240 e. The third-order valence-electron chi connectivity index (χ3n) is 3.76. The average molecular weight is 376 g/mol. The van der Waals surface area contributed by atoms with E-state index in [1.54, 1.807) is 36.4 Å². The van der Waals surface area contributed by atoms with Gasteiger partial charge in [0.2, 0.25) is 10.0 Å². The number of hydrogen-bond acceptors (Lipinski definition) is 4. The van der Waals surface area contributed by atoms with Gasteiger partial charge in [-0.2, -0.15) is 4.31 Å². The molecule has 0 atom stereocenters. The molecule has 3 aromatic rings. The second kappa shape index (κ2) is 7.03. The largest absolute Gasteiger partial charge is 0.243 e. The molecule has 0 aliphatic carbocycles. The molecular formula is C18H17FN2O2S2. The van der Waals surface area contributed by atoms with E-state index in [9.17, 15) is 12.8 Å². The third-order valence-corrected chi connectivity index (χ3v) is 6.51. The Balaban J connectivity index is 1.78. The maximum Gasteiger partial charge on any atom is 0.243 e. The van der Waals surface area contributed by atoms with Crippen molar-refractivity contribution < 1.29 is 12.8 Å². The molecule has 0 bridgehead atoms. The molecule has 0 saturated heterocycles. The van der Waals surface area contributed by atoms with Gasteiger partial charge in [-0.25, -0.2) is 17.8 Å². The predicted molar refractivity (Wildman–Crippen MR) is 97.3 cm³/mol. The lowest BCUT2D eigenvalue weighted by atomic mass is 10.2. The number of aryl methyl sites for hydroxylation is 1. The number of halogens is 1. The highest BCUT2D eigenvalue weighted by molar-refractivity contribution is 7.89. The number of nitrogens with zero attached hydrogens (tertiary/aromatic N) is 2. The van der Waals surface area contributed by atoms with Gasteiger partial charge in [-0.05, 0) is 43.3 Å². The van der Waals surface area contributed by atoms with E-state index in [0.29, 0.717) is 5.69 Å². The maximum atomic E-state index is 13.0. The normalized spacial score (nSPS) is 11.8. The summed E-state index contributed by atoms with van der Waals surface area (Å²) in [4.78, 5) is 4.72. The Morgan fingerprint density at radius 2 is 1.72 bits per heavy atom. The SMILES string of the molecule is Cc1ccc(S(=O)(=O)N(C)Cc2csc(-c3ccc(F)cc3)n2)cc1. The van der Waals surface area contributed by atoms with Gasteiger partial charge in [-0.15, -0.1) is 11.3 Å². The van der Waals surface area contributed by atoms with Crippen LogP contribution in [0.3, 0.4) is 0 Å². The van der Waals surface area contributed by atoms with Crippen molar-refractivity contribution in [3.8, 4) is 10.6 Å². The summed E-state index contributed by atoms with van der Waals surface area (Å²) in [6, 6.07) is 12.8. The number of aromatic nitrogens is 1. The summed E-state index contributed by atoms with van der Waals surface area (Å²) >= 11 is 1.40. The van der Waals surface area contributed by atoms with Crippen molar-refractivity contribution in [1.82, 2.24) is 9.29 Å². The van der Waals surface area contributed by atoms with Gasteiger partial charge in [0.15, 0.2) is 0 Å². The Morgan fingerprint density at radius 3 is 2.36 bits per heavy atom. The Morgan fingerprint density at radius 1 is 1.08 bits per heavy atom. The van der Waals surface area contributed by atoms with Crippen LogP contribution in [0.1, 0.15) is 11.3 Å². The standard InChI is InChI=1S/C18H17FN2O2S2/c1-13-3-9-17(10-4-13)25(22,23)21(2)11-16-12-24-18(20-16)14-5-7-15(19)8-6-14/h3-10,12H,11H2,1-2H3. The average Bonchev–Trinajstić information content (AvgIpc) is 3.04. The summed E-state index contributed by atoms with van der Waals surface area (Å²) in [7, 11) is -2.03. The third kappa shape index (κ3) is 3.95. The molecule has 0 unspecified atom stereocenters. The fourth-order valence-electron chi connectivity index (χ4n) is 2.31. The number of hydrogen-bond donors (Lipinski definition) is 0. The van der Waals surface area contributed by atoms with Gasteiger partial charge in [0.05, 0.1) is 17.1 Å². The fourth-order valence-corrected chi connectivity index (χ4v) is 4.27. The molecular weight excluding hydrogens is 359 g/mol. The van der Waals surface area contributed by atoms with Crippen LogP contribution in [-0.4, -0.2) is 24.8 Å². The number of benzene rings is 2. The predicted octanol–water partition coefficient (Wildman–Crippen LogP) is 4.08. The molecule has 7 heteroatoms. The van der Waals surface area contributed by atoms with Crippen molar-refractivity contribution in [1.29, 1.82) is 0 Å². The van der Waals surface area contributed by atoms with Crippen LogP contribution in [0.15, 0.2) is 58.8 Å². The molecule has 0 spiro atoms. The summed E-state index contributed by atoms with van der Waals surface area (Å²) < 4.78 is 39.5. The summed E-state index contributed by atoms with van der Waals surface area (Å²) in [5.41, 5.74) is 2.47. The lowest BCUT2D eigenvalue weighted by Gasteiger charge is -2.16. The van der Waals surface area contributed by atoms with Crippen molar-refractivity contribution in [3.63, 3.8) is 0 Å². The molecule has 2 aromatic carbocycles. The van der Waals surface area contributed by atoms with Gasteiger partial charge in [-0.3, -0.25) is 0 Å². The molecule has 0 fully saturated rings. The van der Waals surface area contributed by atoms with Crippen LogP contribution < -0.4 is 0 Å². The Labute approximate surface area is 150 Å². The summed E-state index contributed by atoms with van der Waals surface area (Å²) in [6.45, 7) is 2.08. The van der Waals surface area contributed by atoms with Crippen LogP contribution in [0.4, 0.5) is 4.39 Å². The molecule has 1 aromatic heterocycles. The molecule has 0 amide bonds. The summed E-state index contributed by atoms with van der Waals surface area (Å²) in [5, 5.41) is 2.55. The van der Waals surface area contributed by atoms with E-state index in [-0.39, 0.29) is 17.3 Å². The Hall–Kier alpha value is -2.09. The highest BCUT2D eigenvalue weighted by atomic mass is 32.2. The van der Waals surface area contributed by atoms with E-state index >= 15 is 0 Å². The Kier molecular flexibility index (Phi) is 4.99. The van der Waals surface area contributed by atoms with Crippen molar-refractivity contribution in [2.75, 3.05) is 7.05 Å². The zero-order valence-electron chi connectivity index (χ0n) is 13.8. The van der Waals surface area contributed by atoms with Crippen molar-refractivity contribution in [2.24, 2.45) is 0 Å². The topological polar surface area (TPSA) is 50.3 Å². The van der Waals surface area contributed by atoms with E-state index < -0.39 is 10.0 Å². The van der Waals surface area contributed by atoms with Crippen LogP contribution in [0.25, 0.3) is 10.6 Å². The zero-order valence-corrected chi connectivity index (χ0v) is 15.4. The minimum Gasteiger partial charge on any atom is -0.240 e. The van der Waals surface area contributed by atoms with Crippen molar-refractivity contribution in [3.05, 3.63) is 71.0 Å². The maximum absolute atomic E-state index is 13.0.